The molecule has 2 N–H and O–H groups in total. The third-order valence-electron chi connectivity index (χ3n) is 2.77. The molecule has 0 aliphatic rings. The number of nitrogens with two attached hydrogens (primary N) is 1. The fraction of sp³-hybridized carbons (Fsp3) is 0.571. The van der Waals surface area contributed by atoms with Gasteiger partial charge in [0.05, 0.1) is 18.4 Å². The Kier molecular flexibility index (Phi) is 5.56. The minimum Gasteiger partial charge on any atom is -0.377 e. The van der Waals surface area contributed by atoms with Gasteiger partial charge in [0.15, 0.2) is 0 Å². The van der Waals surface area contributed by atoms with E-state index < -0.39 is 0 Å². The Labute approximate surface area is 109 Å². The summed E-state index contributed by atoms with van der Waals surface area (Å²) in [5, 5.41) is 0. The molecule has 18 heavy (non-hydrogen) atoms. The molecule has 1 aromatic rings. The molecule has 0 amide bonds. The van der Waals surface area contributed by atoms with Crippen LogP contribution in [-0.4, -0.2) is 26.3 Å². The third-order valence-corrected chi connectivity index (χ3v) is 2.77. The first-order chi connectivity index (χ1) is 8.43. The standard InChI is InChI=1S/C14H23FN2O/c1-10(2)18-9-8-17(4)14-12(11(3)16)6-5-7-13(14)15/h5-7,10-11H,8-9,16H2,1-4H3/t11-/m0/s1. The van der Waals surface area contributed by atoms with Crippen LogP contribution in [0.1, 0.15) is 32.4 Å². The molecule has 102 valence electrons. The van der Waals surface area contributed by atoms with Gasteiger partial charge < -0.3 is 15.4 Å². The van der Waals surface area contributed by atoms with Gasteiger partial charge in [-0.15, -0.1) is 0 Å². The lowest BCUT2D eigenvalue weighted by atomic mass is 10.1. The van der Waals surface area contributed by atoms with E-state index in [0.717, 1.165) is 5.56 Å². The highest BCUT2D eigenvalue weighted by molar-refractivity contribution is 5.55. The van der Waals surface area contributed by atoms with Gasteiger partial charge in [-0.1, -0.05) is 12.1 Å². The number of para-hydroxylation sites is 1. The van der Waals surface area contributed by atoms with E-state index in [1.54, 1.807) is 6.07 Å². The van der Waals surface area contributed by atoms with Crippen molar-refractivity contribution < 1.29 is 9.13 Å². The lowest BCUT2D eigenvalue weighted by molar-refractivity contribution is 0.0845. The van der Waals surface area contributed by atoms with E-state index in [2.05, 4.69) is 0 Å². The first-order valence-electron chi connectivity index (χ1n) is 6.30. The molecule has 1 atom stereocenters. The Morgan fingerprint density at radius 2 is 2.00 bits per heavy atom. The van der Waals surface area contributed by atoms with Crippen LogP contribution in [0.2, 0.25) is 0 Å². The van der Waals surface area contributed by atoms with Crippen LogP contribution in [0.4, 0.5) is 10.1 Å². The Morgan fingerprint density at radius 3 is 2.56 bits per heavy atom. The monoisotopic (exact) mass is 254 g/mol. The average molecular weight is 254 g/mol. The molecule has 0 radical (unpaired) electrons. The maximum absolute atomic E-state index is 13.9. The summed E-state index contributed by atoms with van der Waals surface area (Å²) in [6.45, 7) is 7.03. The van der Waals surface area contributed by atoms with E-state index in [1.165, 1.54) is 6.07 Å². The predicted octanol–water partition coefficient (Wildman–Crippen LogP) is 2.71. The van der Waals surface area contributed by atoms with E-state index in [1.807, 2.05) is 38.8 Å². The highest BCUT2D eigenvalue weighted by Crippen LogP contribution is 2.27. The number of halogens is 1. The Hall–Kier alpha value is -1.13. The van der Waals surface area contributed by atoms with Crippen LogP contribution in [0.15, 0.2) is 18.2 Å². The summed E-state index contributed by atoms with van der Waals surface area (Å²) in [7, 11) is 1.86. The van der Waals surface area contributed by atoms with Crippen LogP contribution in [-0.2, 0) is 4.74 Å². The lowest BCUT2D eigenvalue weighted by Crippen LogP contribution is -2.26. The van der Waals surface area contributed by atoms with E-state index in [-0.39, 0.29) is 18.0 Å². The second-order valence-corrected chi connectivity index (χ2v) is 4.81. The topological polar surface area (TPSA) is 38.5 Å². The van der Waals surface area contributed by atoms with Crippen molar-refractivity contribution in [2.75, 3.05) is 25.1 Å². The van der Waals surface area contributed by atoms with Gasteiger partial charge in [-0.2, -0.15) is 0 Å². The zero-order valence-corrected chi connectivity index (χ0v) is 11.6. The molecule has 0 saturated carbocycles. The summed E-state index contributed by atoms with van der Waals surface area (Å²) in [6, 6.07) is 4.82. The van der Waals surface area contributed by atoms with Gasteiger partial charge in [0.1, 0.15) is 5.82 Å². The highest BCUT2D eigenvalue weighted by atomic mass is 19.1. The quantitative estimate of drug-likeness (QED) is 0.848. The normalized spacial score (nSPS) is 12.8. The summed E-state index contributed by atoms with van der Waals surface area (Å²) in [5.74, 6) is -0.239. The molecular weight excluding hydrogens is 231 g/mol. The van der Waals surface area contributed by atoms with Gasteiger partial charge >= 0.3 is 0 Å². The zero-order chi connectivity index (χ0) is 13.7. The van der Waals surface area contributed by atoms with E-state index >= 15 is 0 Å². The first kappa shape index (κ1) is 14.9. The fourth-order valence-electron chi connectivity index (χ4n) is 1.84. The molecule has 1 aromatic carbocycles. The molecule has 1 rings (SSSR count). The second kappa shape index (κ2) is 6.71. The highest BCUT2D eigenvalue weighted by Gasteiger charge is 2.15. The number of benzene rings is 1. The van der Waals surface area contributed by atoms with Crippen LogP contribution < -0.4 is 10.6 Å². The Bertz CT molecular complexity index is 380. The molecule has 4 heteroatoms. The van der Waals surface area contributed by atoms with E-state index in [0.29, 0.717) is 18.8 Å². The molecule has 0 heterocycles. The van der Waals surface area contributed by atoms with Gasteiger partial charge in [-0.25, -0.2) is 4.39 Å². The van der Waals surface area contributed by atoms with Crippen molar-refractivity contribution in [3.63, 3.8) is 0 Å². The minimum atomic E-state index is -0.239. The van der Waals surface area contributed by atoms with Crippen molar-refractivity contribution in [3.8, 4) is 0 Å². The molecule has 0 bridgehead atoms. The molecule has 0 aliphatic carbocycles. The Morgan fingerprint density at radius 1 is 1.33 bits per heavy atom. The van der Waals surface area contributed by atoms with Crippen LogP contribution in [0.5, 0.6) is 0 Å². The zero-order valence-electron chi connectivity index (χ0n) is 11.6. The number of likely N-dealkylation sites (N-methyl/N-ethyl adjacent to an activating group) is 1. The van der Waals surface area contributed by atoms with Crippen LogP contribution in [0.3, 0.4) is 0 Å². The number of rotatable bonds is 6. The van der Waals surface area contributed by atoms with Gasteiger partial charge in [0, 0.05) is 19.6 Å². The number of anilines is 1. The van der Waals surface area contributed by atoms with Crippen molar-refractivity contribution in [2.45, 2.75) is 32.9 Å². The minimum absolute atomic E-state index is 0.187. The van der Waals surface area contributed by atoms with Gasteiger partial charge in [-0.3, -0.25) is 0 Å². The maximum atomic E-state index is 13.9. The second-order valence-electron chi connectivity index (χ2n) is 4.81. The summed E-state index contributed by atoms with van der Waals surface area (Å²) < 4.78 is 19.4. The van der Waals surface area contributed by atoms with Crippen LogP contribution in [0, 0.1) is 5.82 Å². The molecule has 3 nitrogen and oxygen atoms in total. The summed E-state index contributed by atoms with van der Waals surface area (Å²) in [5.41, 5.74) is 7.26. The number of hydrogen-bond donors (Lipinski definition) is 1. The van der Waals surface area contributed by atoms with Crippen LogP contribution in [0.25, 0.3) is 0 Å². The van der Waals surface area contributed by atoms with Crippen molar-refractivity contribution in [3.05, 3.63) is 29.6 Å². The molecule has 0 aromatic heterocycles. The third kappa shape index (κ3) is 3.96. The van der Waals surface area contributed by atoms with Crippen molar-refractivity contribution >= 4 is 5.69 Å². The average Bonchev–Trinajstić information content (AvgIpc) is 2.27. The smallest absolute Gasteiger partial charge is 0.146 e. The van der Waals surface area contributed by atoms with Gasteiger partial charge in [0.2, 0.25) is 0 Å². The largest absolute Gasteiger partial charge is 0.377 e. The van der Waals surface area contributed by atoms with E-state index in [4.69, 9.17) is 10.5 Å². The van der Waals surface area contributed by atoms with Gasteiger partial charge in [0.25, 0.3) is 0 Å². The number of hydrogen-bond acceptors (Lipinski definition) is 3. The summed E-state index contributed by atoms with van der Waals surface area (Å²) >= 11 is 0. The number of nitrogens with zero attached hydrogens (tertiary/aromatic N) is 1. The number of ether oxygens (including phenoxy) is 1. The SMILES string of the molecule is CC(C)OCCN(C)c1c(F)cccc1[C@H](C)N. The molecule has 0 spiro atoms. The molecule has 0 saturated heterocycles. The van der Waals surface area contributed by atoms with Crippen molar-refractivity contribution in [2.24, 2.45) is 5.73 Å². The van der Waals surface area contributed by atoms with E-state index in [9.17, 15) is 4.39 Å². The molecular formula is C14H23FN2O. The molecule has 0 fully saturated rings. The summed E-state index contributed by atoms with van der Waals surface area (Å²) in [4.78, 5) is 1.86. The van der Waals surface area contributed by atoms with Crippen molar-refractivity contribution in [1.82, 2.24) is 0 Å². The first-order valence-corrected chi connectivity index (χ1v) is 6.30. The maximum Gasteiger partial charge on any atom is 0.146 e. The van der Waals surface area contributed by atoms with Crippen molar-refractivity contribution in [1.29, 1.82) is 0 Å². The van der Waals surface area contributed by atoms with Gasteiger partial charge in [-0.05, 0) is 32.4 Å². The summed E-state index contributed by atoms with van der Waals surface area (Å²) in [6.07, 6.45) is 0.187. The predicted molar refractivity (Wildman–Crippen MR) is 73.4 cm³/mol. The molecule has 0 aliphatic heterocycles. The van der Waals surface area contributed by atoms with Crippen LogP contribution >= 0.6 is 0 Å². The Balaban J connectivity index is 2.80. The lowest BCUT2D eigenvalue weighted by Gasteiger charge is -2.24. The fourth-order valence-corrected chi connectivity index (χ4v) is 1.84. The molecule has 0 unspecified atom stereocenters.